The summed E-state index contributed by atoms with van der Waals surface area (Å²) in [6.07, 6.45) is 0.546. The van der Waals surface area contributed by atoms with Crippen LogP contribution in [0.1, 0.15) is 5.56 Å². The highest BCUT2D eigenvalue weighted by atomic mass is 35.5. The summed E-state index contributed by atoms with van der Waals surface area (Å²) in [6, 6.07) is 6.86. The van der Waals surface area contributed by atoms with Crippen molar-refractivity contribution in [2.75, 3.05) is 5.88 Å². The Labute approximate surface area is 81.9 Å². The molecule has 0 bridgehead atoms. The van der Waals surface area contributed by atoms with Crippen molar-refractivity contribution in [3.05, 3.63) is 29.8 Å². The van der Waals surface area contributed by atoms with E-state index in [0.717, 1.165) is 5.56 Å². The molecule has 0 saturated carbocycles. The van der Waals surface area contributed by atoms with Gasteiger partial charge in [-0.25, -0.2) is 0 Å². The monoisotopic (exact) mass is 203 g/mol. The average molecular weight is 204 g/mol. The van der Waals surface area contributed by atoms with Gasteiger partial charge in [0.25, 0.3) is 0 Å². The van der Waals surface area contributed by atoms with Crippen LogP contribution in [0.3, 0.4) is 0 Å². The third-order valence-corrected chi connectivity index (χ3v) is 2.42. The zero-order chi connectivity index (χ0) is 8.97. The molecule has 0 spiro atoms. The van der Waals surface area contributed by atoms with Gasteiger partial charge < -0.3 is 0 Å². The molecule has 0 aliphatic rings. The lowest BCUT2D eigenvalue weighted by Crippen LogP contribution is -2.04. The topological polar surface area (TPSA) is 19.9 Å². The van der Waals surface area contributed by atoms with Crippen molar-refractivity contribution in [1.82, 2.24) is 0 Å². The van der Waals surface area contributed by atoms with Gasteiger partial charge in [0.1, 0.15) is 0 Å². The average Bonchev–Trinajstić information content (AvgIpc) is 2.09. The van der Waals surface area contributed by atoms with Crippen LogP contribution in [-0.2, 0) is 11.5 Å². The first kappa shape index (κ1) is 9.69. The first-order chi connectivity index (χ1) is 5.74. The highest BCUT2D eigenvalue weighted by Gasteiger charge is 2.07. The Bertz CT molecular complexity index is 250. The summed E-state index contributed by atoms with van der Waals surface area (Å²) >= 11 is 11.3. The standard InChI is InChI=1S/C9H9Cl2O/c10-6-8(11)5-7-3-1-2-4-9(7)12/h1-4,8H,5-6H2. The van der Waals surface area contributed by atoms with Gasteiger partial charge in [0, 0.05) is 11.4 Å². The fourth-order valence-electron chi connectivity index (χ4n) is 0.966. The second-order valence-electron chi connectivity index (χ2n) is 2.56. The fourth-order valence-corrected chi connectivity index (χ4v) is 1.24. The highest BCUT2D eigenvalue weighted by Crippen LogP contribution is 2.20. The third kappa shape index (κ3) is 2.58. The molecule has 0 aliphatic heterocycles. The van der Waals surface area contributed by atoms with Gasteiger partial charge in [-0.05, 0) is 12.5 Å². The largest absolute Gasteiger partial charge is 0.290 e. The molecule has 0 saturated heterocycles. The van der Waals surface area contributed by atoms with Gasteiger partial charge in [0.2, 0.25) is 0 Å². The maximum Gasteiger partial charge on any atom is 0.181 e. The predicted octanol–water partition coefficient (Wildman–Crippen LogP) is 3.22. The van der Waals surface area contributed by atoms with Crippen molar-refractivity contribution in [2.24, 2.45) is 0 Å². The Morgan fingerprint density at radius 2 is 2.00 bits per heavy atom. The van der Waals surface area contributed by atoms with Crippen LogP contribution in [0.5, 0.6) is 5.75 Å². The third-order valence-electron chi connectivity index (χ3n) is 1.58. The molecule has 0 heterocycles. The summed E-state index contributed by atoms with van der Waals surface area (Å²) in [5.41, 5.74) is 0.734. The van der Waals surface area contributed by atoms with Crippen molar-refractivity contribution >= 4 is 23.2 Å². The van der Waals surface area contributed by atoms with Gasteiger partial charge >= 0.3 is 0 Å². The molecular formula is C9H9Cl2O. The maximum absolute atomic E-state index is 11.2. The Morgan fingerprint density at radius 3 is 2.58 bits per heavy atom. The van der Waals surface area contributed by atoms with Gasteiger partial charge in [-0.15, -0.1) is 23.2 Å². The van der Waals surface area contributed by atoms with Gasteiger partial charge in [0.15, 0.2) is 5.75 Å². The lowest BCUT2D eigenvalue weighted by Gasteiger charge is -2.04. The molecule has 1 aromatic carbocycles. The van der Waals surface area contributed by atoms with Crippen LogP contribution in [0.4, 0.5) is 0 Å². The summed E-state index contributed by atoms with van der Waals surface area (Å²) in [4.78, 5) is 0. The van der Waals surface area contributed by atoms with Crippen LogP contribution in [-0.4, -0.2) is 11.3 Å². The van der Waals surface area contributed by atoms with E-state index in [1.165, 1.54) is 6.07 Å². The summed E-state index contributed by atoms with van der Waals surface area (Å²) in [5.74, 6) is 0.406. The summed E-state index contributed by atoms with van der Waals surface area (Å²) in [6.45, 7) is 0. The Morgan fingerprint density at radius 1 is 1.33 bits per heavy atom. The predicted molar refractivity (Wildman–Crippen MR) is 50.6 cm³/mol. The quantitative estimate of drug-likeness (QED) is 0.673. The summed E-state index contributed by atoms with van der Waals surface area (Å²) < 4.78 is 0. The minimum Gasteiger partial charge on any atom is -0.290 e. The van der Waals surface area contributed by atoms with Crippen LogP contribution in [0.25, 0.3) is 0 Å². The molecule has 1 aromatic rings. The number of hydrogen-bond acceptors (Lipinski definition) is 0. The van der Waals surface area contributed by atoms with Crippen molar-refractivity contribution in [1.29, 1.82) is 0 Å². The van der Waals surface area contributed by atoms with E-state index in [0.29, 0.717) is 12.3 Å². The molecule has 0 amide bonds. The zero-order valence-electron chi connectivity index (χ0n) is 6.47. The molecule has 12 heavy (non-hydrogen) atoms. The van der Waals surface area contributed by atoms with Gasteiger partial charge in [-0.3, -0.25) is 5.11 Å². The fraction of sp³-hybridized carbons (Fsp3) is 0.333. The maximum atomic E-state index is 11.2. The molecule has 0 N–H and O–H groups in total. The second kappa shape index (κ2) is 4.58. The SMILES string of the molecule is [O]c1ccccc1CC(Cl)CCl. The highest BCUT2D eigenvalue weighted by molar-refractivity contribution is 6.28. The molecular weight excluding hydrogens is 195 g/mol. The summed E-state index contributed by atoms with van der Waals surface area (Å²) in [7, 11) is 0. The van der Waals surface area contributed by atoms with Crippen LogP contribution in [0.2, 0.25) is 0 Å². The minimum atomic E-state index is -0.151. The molecule has 1 rings (SSSR count). The molecule has 0 aliphatic carbocycles. The van der Waals surface area contributed by atoms with Crippen molar-refractivity contribution in [3.63, 3.8) is 0 Å². The van der Waals surface area contributed by atoms with E-state index in [4.69, 9.17) is 23.2 Å². The van der Waals surface area contributed by atoms with Crippen LogP contribution in [0, 0.1) is 0 Å². The van der Waals surface area contributed by atoms with Gasteiger partial charge in [0.05, 0.1) is 5.38 Å². The second-order valence-corrected chi connectivity index (χ2v) is 3.49. The molecule has 65 valence electrons. The van der Waals surface area contributed by atoms with E-state index in [-0.39, 0.29) is 11.1 Å². The normalized spacial score (nSPS) is 12.8. The Balaban J connectivity index is 2.69. The van der Waals surface area contributed by atoms with E-state index >= 15 is 0 Å². The number of hydrogen-bond donors (Lipinski definition) is 0. The van der Waals surface area contributed by atoms with Crippen LogP contribution >= 0.6 is 23.2 Å². The van der Waals surface area contributed by atoms with E-state index in [2.05, 4.69) is 0 Å². The molecule has 1 nitrogen and oxygen atoms in total. The molecule has 0 aromatic heterocycles. The minimum absolute atomic E-state index is 0.0354. The number of alkyl halides is 2. The van der Waals surface area contributed by atoms with E-state index in [9.17, 15) is 5.11 Å². The van der Waals surface area contributed by atoms with Gasteiger partial charge in [-0.1, -0.05) is 18.2 Å². The first-order valence-corrected chi connectivity index (χ1v) is 4.66. The van der Waals surface area contributed by atoms with E-state index < -0.39 is 0 Å². The lowest BCUT2D eigenvalue weighted by atomic mass is 10.1. The molecule has 3 heteroatoms. The van der Waals surface area contributed by atoms with E-state index in [1.807, 2.05) is 6.07 Å². The molecule has 1 unspecified atom stereocenters. The van der Waals surface area contributed by atoms with Crippen LogP contribution < -0.4 is 0 Å². The van der Waals surface area contributed by atoms with Crippen molar-refractivity contribution < 1.29 is 5.11 Å². The molecule has 0 fully saturated rings. The Hall–Kier alpha value is -0.400. The number of halogens is 2. The first-order valence-electron chi connectivity index (χ1n) is 3.69. The lowest BCUT2D eigenvalue weighted by molar-refractivity contribution is 0.350. The zero-order valence-corrected chi connectivity index (χ0v) is 7.98. The van der Waals surface area contributed by atoms with E-state index in [1.54, 1.807) is 12.1 Å². The Kier molecular flexibility index (Phi) is 3.70. The number of para-hydroxylation sites is 1. The van der Waals surface area contributed by atoms with Gasteiger partial charge in [-0.2, -0.15) is 0 Å². The summed E-state index contributed by atoms with van der Waals surface area (Å²) in [5, 5.41) is 11.0. The number of rotatable bonds is 3. The molecule has 1 radical (unpaired) electrons. The van der Waals surface area contributed by atoms with Crippen molar-refractivity contribution in [2.45, 2.75) is 11.8 Å². The smallest absolute Gasteiger partial charge is 0.181 e. The number of benzene rings is 1. The van der Waals surface area contributed by atoms with Crippen LogP contribution in [0.15, 0.2) is 24.3 Å². The molecule has 1 atom stereocenters. The van der Waals surface area contributed by atoms with Crippen molar-refractivity contribution in [3.8, 4) is 5.75 Å².